The maximum atomic E-state index is 13.2. The standard InChI is InChI=1S/C63H92F6N12O28/c64-62(65,66)44-7-9-73-58(75-44)78-50-52(87)54(89)60(37-106-56(50)108-60)35-104-31-28-101-25-23-98-20-18-96-15-12-71-46(84)5-3-42(82)49(77-48(86)34-103-30-27-100-22-17-95-14-11-70-40-2-1-39(80(91)92)33-41(40)81(93)94)43(83)4-6-47(85)72-13-16-97-19-21-99-24-26-102-29-32-105-36-61-38-107-57(109-61)51(53(88)55(61)90)79-59-74-10-8-45(76-59)63(67,68)69/h1-2,7-10,33,42-43,49-57,70,82-83,87-90H,3-6,11-32,34-38H2,(H,71,84)(H,72,85)(H,77,86)(H,73,75,78)(H,74,76,79)/t42?,43?,49?,50-,51-,52-,53-,54-,55-,56+,57+,60+,61+/m1/s1. The summed E-state index contributed by atoms with van der Waals surface area (Å²) in [4.78, 5) is 73.9. The maximum absolute atomic E-state index is 13.2. The van der Waals surface area contributed by atoms with Crippen LogP contribution in [-0.2, 0) is 97.8 Å². The number of alkyl halides is 6. The predicted molar refractivity (Wildman–Crippen MR) is 356 cm³/mol. The Kier molecular flexibility index (Phi) is 37.0. The smallest absolute Gasteiger partial charge is 0.391 e. The fourth-order valence-corrected chi connectivity index (χ4v) is 11.0. The number of non-ortho nitro benzene ring substituents is 1. The summed E-state index contributed by atoms with van der Waals surface area (Å²) in [5.74, 6) is -2.63. The van der Waals surface area contributed by atoms with Crippen molar-refractivity contribution in [3.8, 4) is 0 Å². The van der Waals surface area contributed by atoms with E-state index in [9.17, 15) is 91.6 Å². The van der Waals surface area contributed by atoms with Crippen LogP contribution in [0.5, 0.6) is 0 Å². The number of nitrogens with zero attached hydrogens (tertiary/aromatic N) is 6. The summed E-state index contributed by atoms with van der Waals surface area (Å²) in [6.07, 6.45) is -20.2. The lowest BCUT2D eigenvalue weighted by atomic mass is 9.88. The largest absolute Gasteiger partial charge is 0.433 e. The average Bonchev–Trinajstić information content (AvgIpc) is 1.62. The molecule has 4 aliphatic heterocycles. The summed E-state index contributed by atoms with van der Waals surface area (Å²) in [6.45, 7) is 1.16. The Balaban J connectivity index is 0.710. The summed E-state index contributed by atoms with van der Waals surface area (Å²) >= 11 is 0. The predicted octanol–water partition coefficient (Wildman–Crippen LogP) is -1.63. The molecule has 6 heterocycles. The molecule has 3 aromatic rings. The third-order valence-electron chi connectivity index (χ3n) is 16.7. The number of amides is 3. The highest BCUT2D eigenvalue weighted by molar-refractivity contribution is 5.78. The normalized spacial score (nSPS) is 23.2. The van der Waals surface area contributed by atoms with Gasteiger partial charge in [-0.15, -0.1) is 0 Å². The maximum Gasteiger partial charge on any atom is 0.433 e. The zero-order chi connectivity index (χ0) is 78.8. The molecule has 40 nitrogen and oxygen atoms in total. The first-order valence-electron chi connectivity index (χ1n) is 34.6. The van der Waals surface area contributed by atoms with Crippen LogP contribution in [0, 0.1) is 20.2 Å². The van der Waals surface area contributed by atoms with E-state index < -0.39 is 160 Å². The summed E-state index contributed by atoms with van der Waals surface area (Å²) in [7, 11) is 0. The van der Waals surface area contributed by atoms with Crippen LogP contribution >= 0.6 is 0 Å². The number of benzene rings is 1. The number of anilines is 3. The second kappa shape index (κ2) is 45.3. The number of nitro groups is 2. The molecule has 614 valence electrons. The average molecular weight is 1580 g/mol. The van der Waals surface area contributed by atoms with Crippen molar-refractivity contribution < 1.29 is 152 Å². The first kappa shape index (κ1) is 88.9. The Morgan fingerprint density at radius 3 is 1.31 bits per heavy atom. The molecular weight excluding hydrogens is 1490 g/mol. The summed E-state index contributed by atoms with van der Waals surface area (Å²) in [5.41, 5.74) is -6.18. The summed E-state index contributed by atoms with van der Waals surface area (Å²) < 4.78 is 162. The van der Waals surface area contributed by atoms with Gasteiger partial charge in [0.1, 0.15) is 71.4 Å². The number of aromatic nitrogens is 4. The SMILES string of the molecule is O=C(CCC(O)C(NC(=O)COCCOCCOCCNc1ccc([N+](=O)[O-])cc1[N+](=O)[O-])C(O)CCC(=O)NCCOCCOCCOCCOC[C@@]12CO[C@@H](O1)[C@H](Nc1nccc(C(F)(F)F)n1)[C@@H](O)[C@H]2O)NCCOCCOCCOCCOC[C@@]12CO[C@@H](O1)[C@H](Nc1nccc(C(F)(F)F)n1)[C@@H](O)[C@H]2O. The minimum absolute atomic E-state index is 0.0233. The topological polar surface area (TPSA) is 521 Å². The Hall–Kier alpha value is -7.27. The molecule has 4 bridgehead atoms. The number of aliphatic hydroxyl groups is 6. The zero-order valence-corrected chi connectivity index (χ0v) is 58.9. The van der Waals surface area contributed by atoms with Crippen LogP contribution in [0.1, 0.15) is 37.1 Å². The fourth-order valence-electron chi connectivity index (χ4n) is 11.0. The van der Waals surface area contributed by atoms with E-state index in [0.717, 1.165) is 24.5 Å². The lowest BCUT2D eigenvalue weighted by molar-refractivity contribution is -0.393. The number of carbonyl (C=O) groups excluding carboxylic acids is 3. The molecule has 0 radical (unpaired) electrons. The van der Waals surface area contributed by atoms with Crippen LogP contribution in [0.2, 0.25) is 0 Å². The van der Waals surface area contributed by atoms with Gasteiger partial charge in [-0.1, -0.05) is 0 Å². The van der Waals surface area contributed by atoms with E-state index in [-0.39, 0.29) is 203 Å². The number of rotatable bonds is 55. The van der Waals surface area contributed by atoms with Gasteiger partial charge in [0.15, 0.2) is 12.6 Å². The summed E-state index contributed by atoms with van der Waals surface area (Å²) in [5, 5.41) is 104. The Labute approximate surface area is 618 Å². The second-order valence-electron chi connectivity index (χ2n) is 24.7. The van der Waals surface area contributed by atoms with E-state index >= 15 is 0 Å². The molecule has 109 heavy (non-hydrogen) atoms. The molecule has 2 aromatic heterocycles. The number of nitro benzene ring substituents is 2. The lowest BCUT2D eigenvalue weighted by Gasteiger charge is -2.42. The van der Waals surface area contributed by atoms with Crippen molar-refractivity contribution in [2.45, 2.75) is 117 Å². The highest BCUT2D eigenvalue weighted by atomic mass is 19.4. The first-order chi connectivity index (χ1) is 52.2. The number of aliphatic hydroxyl groups excluding tert-OH is 6. The van der Waals surface area contributed by atoms with Crippen molar-refractivity contribution >= 4 is 46.7 Å². The number of fused-ring (bicyclic) bond motifs is 4. The van der Waals surface area contributed by atoms with Crippen LogP contribution in [0.3, 0.4) is 0 Å². The van der Waals surface area contributed by atoms with Gasteiger partial charge in [0.05, 0.1) is 186 Å². The van der Waals surface area contributed by atoms with Gasteiger partial charge in [-0.05, 0) is 31.0 Å². The van der Waals surface area contributed by atoms with Gasteiger partial charge in [-0.25, -0.2) is 19.9 Å². The van der Waals surface area contributed by atoms with Gasteiger partial charge in [0.2, 0.25) is 29.6 Å². The molecule has 4 saturated heterocycles. The van der Waals surface area contributed by atoms with E-state index in [1.54, 1.807) is 0 Å². The minimum atomic E-state index is -4.74. The molecule has 4 aliphatic rings. The van der Waals surface area contributed by atoms with Gasteiger partial charge in [0, 0.05) is 50.9 Å². The van der Waals surface area contributed by atoms with Gasteiger partial charge in [-0.2, -0.15) is 26.3 Å². The molecule has 3 amide bonds. The zero-order valence-electron chi connectivity index (χ0n) is 58.9. The Morgan fingerprint density at radius 2 is 0.917 bits per heavy atom. The van der Waals surface area contributed by atoms with Gasteiger partial charge < -0.3 is 134 Å². The van der Waals surface area contributed by atoms with Crippen LogP contribution in [0.15, 0.2) is 42.7 Å². The molecule has 12 atom stereocenters. The van der Waals surface area contributed by atoms with Crippen molar-refractivity contribution in [2.24, 2.45) is 0 Å². The molecule has 4 fully saturated rings. The number of ether oxygens (including phenoxy) is 15. The monoisotopic (exact) mass is 1580 g/mol. The van der Waals surface area contributed by atoms with E-state index in [0.29, 0.717) is 12.1 Å². The van der Waals surface area contributed by atoms with Crippen LogP contribution in [0.4, 0.5) is 55.3 Å². The number of carbonyl (C=O) groups is 3. The molecule has 1 aromatic carbocycles. The third kappa shape index (κ3) is 29.1. The van der Waals surface area contributed by atoms with E-state index in [1.807, 2.05) is 0 Å². The molecule has 0 spiro atoms. The highest BCUT2D eigenvalue weighted by Gasteiger charge is 2.61. The molecule has 2 unspecified atom stereocenters. The number of nitrogens with one attached hydrogen (secondary N) is 6. The lowest BCUT2D eigenvalue weighted by Crippen LogP contribution is -2.64. The van der Waals surface area contributed by atoms with Crippen molar-refractivity contribution in [3.63, 3.8) is 0 Å². The quantitative estimate of drug-likeness (QED) is 0.0131. The van der Waals surface area contributed by atoms with Crippen molar-refractivity contribution in [3.05, 3.63) is 74.3 Å². The van der Waals surface area contributed by atoms with E-state index in [1.165, 1.54) is 6.07 Å². The van der Waals surface area contributed by atoms with Crippen LogP contribution in [-0.4, -0.2) is 335 Å². The molecule has 46 heteroatoms. The van der Waals surface area contributed by atoms with Crippen LogP contribution < -0.4 is 31.9 Å². The van der Waals surface area contributed by atoms with Crippen molar-refractivity contribution in [1.29, 1.82) is 0 Å². The van der Waals surface area contributed by atoms with Gasteiger partial charge >= 0.3 is 12.4 Å². The third-order valence-corrected chi connectivity index (χ3v) is 16.7. The second-order valence-corrected chi connectivity index (χ2v) is 24.7. The van der Waals surface area contributed by atoms with E-state index in [4.69, 9.17) is 71.1 Å². The molecular formula is C63H92F6N12O28. The first-order valence-corrected chi connectivity index (χ1v) is 34.6. The highest BCUT2D eigenvalue weighted by Crippen LogP contribution is 2.40. The van der Waals surface area contributed by atoms with Gasteiger partial charge in [0.25, 0.3) is 11.4 Å². The van der Waals surface area contributed by atoms with Crippen molar-refractivity contribution in [1.82, 2.24) is 35.9 Å². The van der Waals surface area contributed by atoms with Crippen molar-refractivity contribution in [2.75, 3.05) is 194 Å². The molecule has 12 N–H and O–H groups in total. The molecule has 0 aliphatic carbocycles. The molecule has 0 saturated carbocycles. The Morgan fingerprint density at radius 1 is 0.532 bits per heavy atom. The number of hydrogen-bond acceptors (Lipinski definition) is 35. The fraction of sp³-hybridized carbons (Fsp3) is 0.730. The minimum Gasteiger partial charge on any atom is -0.391 e. The van der Waals surface area contributed by atoms with Gasteiger partial charge in [-0.3, -0.25) is 34.6 Å². The molecule has 7 rings (SSSR count). The number of hydrogen-bond donors (Lipinski definition) is 12. The number of halogens is 6. The summed E-state index contributed by atoms with van der Waals surface area (Å²) in [6, 6.07) is 0.787. The Bertz CT molecular complexity index is 3120. The van der Waals surface area contributed by atoms with E-state index in [2.05, 4.69) is 51.8 Å². The van der Waals surface area contributed by atoms with Crippen LogP contribution in [0.25, 0.3) is 0 Å².